The Balaban J connectivity index is 1.25. The van der Waals surface area contributed by atoms with Gasteiger partial charge in [0.05, 0.1) is 40.7 Å². The molecule has 0 bridgehead atoms. The number of aromatic amines is 2. The van der Waals surface area contributed by atoms with Crippen LogP contribution in [0.3, 0.4) is 0 Å². The highest BCUT2D eigenvalue weighted by molar-refractivity contribution is 7.90. The minimum absolute atomic E-state index is 0.0148. The third-order valence-corrected chi connectivity index (χ3v) is 8.59. The molecule has 11 heteroatoms. The summed E-state index contributed by atoms with van der Waals surface area (Å²) in [5.41, 5.74) is 7.25. The lowest BCUT2D eigenvalue weighted by atomic mass is 9.98. The maximum Gasteiger partial charge on any atom is 0.227 e. The van der Waals surface area contributed by atoms with Crippen molar-refractivity contribution < 1.29 is 17.6 Å². The Kier molecular flexibility index (Phi) is 6.54. The third-order valence-electron chi connectivity index (χ3n) is 7.65. The van der Waals surface area contributed by atoms with Crippen LogP contribution in [0.2, 0.25) is 0 Å². The number of benzene rings is 2. The van der Waals surface area contributed by atoms with Crippen molar-refractivity contribution in [2.45, 2.75) is 19.3 Å². The molecule has 1 aliphatic rings. The molecule has 0 aliphatic heterocycles. The van der Waals surface area contributed by atoms with E-state index in [1.807, 2.05) is 42.5 Å². The molecule has 7 rings (SSSR count). The molecule has 0 unspecified atom stereocenters. The van der Waals surface area contributed by atoms with Gasteiger partial charge in [-0.3, -0.25) is 19.9 Å². The van der Waals surface area contributed by atoms with E-state index in [2.05, 4.69) is 30.5 Å². The van der Waals surface area contributed by atoms with Crippen LogP contribution in [-0.4, -0.2) is 51.5 Å². The first kappa shape index (κ1) is 27.0. The fourth-order valence-electron chi connectivity index (χ4n) is 5.31. The zero-order valence-corrected chi connectivity index (χ0v) is 24.0. The predicted octanol–water partition coefficient (Wildman–Crippen LogP) is 5.91. The first-order valence-corrected chi connectivity index (χ1v) is 16.0. The largest absolute Gasteiger partial charge is 0.353 e. The molecular formula is C32H27FN6O3S. The molecule has 1 amide bonds. The molecule has 4 aromatic heterocycles. The van der Waals surface area contributed by atoms with Crippen molar-refractivity contribution in [1.29, 1.82) is 0 Å². The lowest BCUT2D eigenvalue weighted by molar-refractivity contribution is -0.117. The number of hydrogen-bond donors (Lipinski definition) is 3. The van der Waals surface area contributed by atoms with E-state index in [-0.39, 0.29) is 24.0 Å². The Morgan fingerprint density at radius 2 is 1.86 bits per heavy atom. The third kappa shape index (κ3) is 5.63. The number of nitrogens with one attached hydrogen (secondary N) is 3. The first-order valence-electron chi connectivity index (χ1n) is 13.9. The van der Waals surface area contributed by atoms with Crippen LogP contribution in [0.1, 0.15) is 18.4 Å². The van der Waals surface area contributed by atoms with Crippen molar-refractivity contribution in [3.63, 3.8) is 0 Å². The number of amides is 1. The lowest BCUT2D eigenvalue weighted by Crippen LogP contribution is -2.13. The summed E-state index contributed by atoms with van der Waals surface area (Å²) in [6.45, 7) is 0. The molecular weight excluding hydrogens is 567 g/mol. The van der Waals surface area contributed by atoms with E-state index in [9.17, 15) is 17.6 Å². The van der Waals surface area contributed by atoms with Crippen LogP contribution < -0.4 is 5.32 Å². The Bertz CT molecular complexity index is 2150. The van der Waals surface area contributed by atoms with Gasteiger partial charge in [-0.25, -0.2) is 12.8 Å². The van der Waals surface area contributed by atoms with E-state index in [4.69, 9.17) is 0 Å². The summed E-state index contributed by atoms with van der Waals surface area (Å²) in [5, 5.41) is 12.3. The monoisotopic (exact) mass is 594 g/mol. The molecule has 2 aromatic carbocycles. The van der Waals surface area contributed by atoms with E-state index in [1.165, 1.54) is 18.4 Å². The number of aromatic nitrogens is 5. The number of rotatable bonds is 8. The number of pyridine rings is 2. The fourth-order valence-corrected chi connectivity index (χ4v) is 5.91. The number of aryl methyl sites for hydroxylation is 1. The molecule has 216 valence electrons. The summed E-state index contributed by atoms with van der Waals surface area (Å²) in [4.78, 5) is 24.6. The number of anilines is 1. The number of hydrogen-bond acceptors (Lipinski definition) is 6. The van der Waals surface area contributed by atoms with Crippen molar-refractivity contribution in [3.8, 4) is 33.8 Å². The maximum atomic E-state index is 14.6. The molecule has 9 nitrogen and oxygen atoms in total. The molecule has 0 atom stereocenters. The number of H-pyrrole nitrogens is 2. The molecule has 0 spiro atoms. The van der Waals surface area contributed by atoms with Crippen LogP contribution in [0.5, 0.6) is 0 Å². The van der Waals surface area contributed by atoms with Crippen LogP contribution in [0.4, 0.5) is 10.1 Å². The van der Waals surface area contributed by atoms with E-state index in [0.717, 1.165) is 51.5 Å². The number of nitrogens with zero attached hydrogens (tertiary/aromatic N) is 3. The summed E-state index contributed by atoms with van der Waals surface area (Å²) in [5.74, 6) is -0.363. The number of carbonyl (C=O) groups excluding carboxylic acids is 1. The average molecular weight is 595 g/mol. The zero-order valence-electron chi connectivity index (χ0n) is 23.2. The smallest absolute Gasteiger partial charge is 0.227 e. The van der Waals surface area contributed by atoms with E-state index >= 15 is 0 Å². The van der Waals surface area contributed by atoms with Crippen LogP contribution in [0, 0.1) is 11.7 Å². The van der Waals surface area contributed by atoms with E-state index < -0.39 is 15.7 Å². The highest BCUT2D eigenvalue weighted by Crippen LogP contribution is 2.36. The first-order chi connectivity index (χ1) is 20.7. The molecule has 0 saturated heterocycles. The molecule has 3 N–H and O–H groups in total. The van der Waals surface area contributed by atoms with Gasteiger partial charge in [0.2, 0.25) is 5.91 Å². The second kappa shape index (κ2) is 10.4. The van der Waals surface area contributed by atoms with Gasteiger partial charge in [-0.2, -0.15) is 5.10 Å². The SMILES string of the molecule is CS(=O)(=O)CCc1cc(F)cc(-c2cccc3[nH]c(-c4n[nH]c5cnc(-c6cncc(NC(=O)C7CC7)c6)cc45)cc23)c1. The van der Waals surface area contributed by atoms with Gasteiger partial charge in [0.15, 0.2) is 0 Å². The van der Waals surface area contributed by atoms with Gasteiger partial charge in [-0.15, -0.1) is 0 Å². The standard InChI is InChI=1S/C32H27FN6O3S/c1-43(41,42)8-7-18-9-20(11-22(33)10-18)24-3-2-4-27-25(24)13-29(37-27)31-26-14-28(35-17-30(26)38-39-31)21-12-23(16-34-15-21)36-32(40)19-5-6-19/h2-4,9-17,19,37H,5-8H2,1H3,(H,36,40)(H,38,39). The molecule has 6 aromatic rings. The van der Waals surface area contributed by atoms with Gasteiger partial charge in [0.25, 0.3) is 0 Å². The van der Waals surface area contributed by atoms with Gasteiger partial charge >= 0.3 is 0 Å². The number of carbonyl (C=O) groups is 1. The molecule has 0 radical (unpaired) electrons. The molecule has 1 saturated carbocycles. The van der Waals surface area contributed by atoms with Gasteiger partial charge in [-0.05, 0) is 72.4 Å². The van der Waals surface area contributed by atoms with Crippen molar-refractivity contribution in [1.82, 2.24) is 25.1 Å². The highest BCUT2D eigenvalue weighted by Gasteiger charge is 2.29. The zero-order chi connectivity index (χ0) is 29.7. The maximum absolute atomic E-state index is 14.6. The normalized spacial score (nSPS) is 13.5. The molecule has 4 heterocycles. The van der Waals surface area contributed by atoms with Gasteiger partial charge in [0.1, 0.15) is 21.3 Å². The summed E-state index contributed by atoms with van der Waals surface area (Å²) >= 11 is 0. The number of fused-ring (bicyclic) bond motifs is 2. The summed E-state index contributed by atoms with van der Waals surface area (Å²) < 4.78 is 38.0. The van der Waals surface area contributed by atoms with Crippen LogP contribution >= 0.6 is 0 Å². The van der Waals surface area contributed by atoms with Gasteiger partial charge < -0.3 is 10.3 Å². The molecule has 1 fully saturated rings. The topological polar surface area (TPSA) is 133 Å². The number of halogens is 1. The van der Waals surface area contributed by atoms with Crippen molar-refractivity contribution >= 4 is 43.2 Å². The van der Waals surface area contributed by atoms with E-state index in [1.54, 1.807) is 18.6 Å². The second-order valence-corrected chi connectivity index (χ2v) is 13.4. The van der Waals surface area contributed by atoms with E-state index in [0.29, 0.717) is 28.2 Å². The Hall–Kier alpha value is -4.90. The minimum atomic E-state index is -3.18. The predicted molar refractivity (Wildman–Crippen MR) is 165 cm³/mol. The Morgan fingerprint density at radius 3 is 2.67 bits per heavy atom. The highest BCUT2D eigenvalue weighted by atomic mass is 32.2. The quantitative estimate of drug-likeness (QED) is 0.201. The Labute approximate surface area is 246 Å². The number of sulfone groups is 1. The van der Waals surface area contributed by atoms with Gasteiger partial charge in [0, 0.05) is 40.2 Å². The van der Waals surface area contributed by atoms with Crippen molar-refractivity contribution in [2.24, 2.45) is 5.92 Å². The van der Waals surface area contributed by atoms with Crippen molar-refractivity contribution in [3.05, 3.63) is 84.6 Å². The second-order valence-electron chi connectivity index (χ2n) is 11.1. The fraction of sp³-hybridized carbons (Fsp3) is 0.188. The Morgan fingerprint density at radius 1 is 1.00 bits per heavy atom. The minimum Gasteiger partial charge on any atom is -0.353 e. The van der Waals surface area contributed by atoms with Gasteiger partial charge in [-0.1, -0.05) is 18.2 Å². The molecule has 1 aliphatic carbocycles. The lowest BCUT2D eigenvalue weighted by Gasteiger charge is -2.08. The van der Waals surface area contributed by atoms with Crippen LogP contribution in [0.25, 0.3) is 55.6 Å². The summed E-state index contributed by atoms with van der Waals surface area (Å²) in [6, 6.07) is 16.2. The summed E-state index contributed by atoms with van der Waals surface area (Å²) in [6.07, 6.45) is 8.31. The average Bonchev–Trinajstić information content (AvgIpc) is 3.61. The van der Waals surface area contributed by atoms with Crippen molar-refractivity contribution in [2.75, 3.05) is 17.3 Å². The van der Waals surface area contributed by atoms with Crippen LogP contribution in [-0.2, 0) is 21.1 Å². The van der Waals surface area contributed by atoms with Crippen LogP contribution in [0.15, 0.2) is 73.2 Å². The summed E-state index contributed by atoms with van der Waals surface area (Å²) in [7, 11) is -3.18. The molecule has 43 heavy (non-hydrogen) atoms.